The minimum Gasteiger partial charge on any atom is -0.465 e. The van der Waals surface area contributed by atoms with Crippen LogP contribution in [0.4, 0.5) is 0 Å². The number of hydrogen-bond donors (Lipinski definition) is 1. The quantitative estimate of drug-likeness (QED) is 0.468. The van der Waals surface area contributed by atoms with E-state index in [2.05, 4.69) is 34.6 Å². The van der Waals surface area contributed by atoms with Crippen LogP contribution in [0.15, 0.2) is 24.3 Å². The van der Waals surface area contributed by atoms with Gasteiger partial charge in [0.05, 0.1) is 35.8 Å². The molecule has 0 aromatic carbocycles. The van der Waals surface area contributed by atoms with Gasteiger partial charge in [-0.3, -0.25) is 14.4 Å². The van der Waals surface area contributed by atoms with E-state index < -0.39 is 39.0 Å². The second-order valence-electron chi connectivity index (χ2n) is 12.5. The molecule has 4 heterocycles. The molecule has 8 heteroatoms. The number of esters is 1. The smallest absolute Gasteiger partial charge is 0.311 e. The number of fused-ring (bicyclic) bond motifs is 2. The van der Waals surface area contributed by atoms with Crippen LogP contribution in [0.25, 0.3) is 0 Å². The number of rotatable bonds is 4. The van der Waals surface area contributed by atoms with E-state index >= 15 is 0 Å². The number of likely N-dealkylation sites (tertiary alicyclic amines) is 1. The third-order valence-electron chi connectivity index (χ3n) is 7.89. The van der Waals surface area contributed by atoms with Crippen LogP contribution in [0, 0.1) is 17.3 Å². The van der Waals surface area contributed by atoms with Gasteiger partial charge in [-0.1, -0.05) is 45.1 Å². The number of amides is 2. The molecule has 4 rings (SSSR count). The minimum absolute atomic E-state index is 0.000819. The molecule has 4 aliphatic rings. The highest BCUT2D eigenvalue weighted by Crippen LogP contribution is 2.65. The number of carbonyl (C=O) groups is 3. The van der Waals surface area contributed by atoms with Gasteiger partial charge >= 0.3 is 5.97 Å². The number of thioether (sulfide) groups is 1. The van der Waals surface area contributed by atoms with Crippen LogP contribution in [0.1, 0.15) is 61.3 Å². The third kappa shape index (κ3) is 4.14. The molecule has 0 bridgehead atoms. The maximum absolute atomic E-state index is 14.5. The zero-order valence-electron chi connectivity index (χ0n) is 22.0. The maximum atomic E-state index is 14.5. The predicted molar refractivity (Wildman–Crippen MR) is 137 cm³/mol. The normalized spacial score (nSPS) is 36.2. The summed E-state index contributed by atoms with van der Waals surface area (Å²) in [6.07, 6.45) is 9.47. The molecule has 1 N–H and O–H groups in total. The average Bonchev–Trinajstić information content (AvgIpc) is 3.05. The molecule has 7 nitrogen and oxygen atoms in total. The van der Waals surface area contributed by atoms with Gasteiger partial charge in [-0.05, 0) is 46.0 Å². The van der Waals surface area contributed by atoms with Crippen molar-refractivity contribution in [3.63, 3.8) is 0 Å². The Balaban J connectivity index is 1.87. The lowest BCUT2D eigenvalue weighted by Crippen LogP contribution is -2.60. The fourth-order valence-corrected chi connectivity index (χ4v) is 9.07. The summed E-state index contributed by atoms with van der Waals surface area (Å²) in [5.74, 6) is -2.20. The molecule has 2 fully saturated rings. The van der Waals surface area contributed by atoms with Crippen molar-refractivity contribution in [2.75, 3.05) is 19.8 Å². The highest BCUT2D eigenvalue weighted by molar-refractivity contribution is 8.02. The average molecular weight is 505 g/mol. The zero-order valence-corrected chi connectivity index (χ0v) is 22.9. The Morgan fingerprint density at radius 1 is 1.11 bits per heavy atom. The number of aliphatic hydroxyl groups excluding tert-OH is 1. The van der Waals surface area contributed by atoms with Gasteiger partial charge in [-0.25, -0.2) is 0 Å². The topological polar surface area (TPSA) is 87.2 Å². The zero-order chi connectivity index (χ0) is 26.0. The standard InChI is InChI=1S/C27H40N2O5S/c1-17(15-30)29-20-22(32)28(25(5,6)16-24(2,3)4)13-10-12-27(20)18(21(29)31)19-23(33)34-14-9-8-11-26(19,7)35-27/h8,10-12,17-20,30H,9,13-16H2,1-7H3/t17-,18+,19-,20?,26+,27+/m1/s1. The molecule has 194 valence electrons. The van der Waals surface area contributed by atoms with Crippen molar-refractivity contribution in [3.05, 3.63) is 24.3 Å². The van der Waals surface area contributed by atoms with Crippen molar-refractivity contribution >= 4 is 29.5 Å². The van der Waals surface area contributed by atoms with Gasteiger partial charge in [0, 0.05) is 16.8 Å². The fourth-order valence-electron chi connectivity index (χ4n) is 6.93. The first-order valence-corrected chi connectivity index (χ1v) is 13.5. The van der Waals surface area contributed by atoms with Gasteiger partial charge in [0.1, 0.15) is 6.04 Å². The lowest BCUT2D eigenvalue weighted by molar-refractivity contribution is -0.155. The molecule has 4 aliphatic heterocycles. The minimum atomic E-state index is -0.919. The molecule has 6 atom stereocenters. The first-order chi connectivity index (χ1) is 16.2. The molecule has 0 aromatic rings. The van der Waals surface area contributed by atoms with Crippen LogP contribution in [0.3, 0.4) is 0 Å². The Hall–Kier alpha value is -1.80. The van der Waals surface area contributed by atoms with E-state index in [-0.39, 0.29) is 36.4 Å². The fraction of sp³-hybridized carbons (Fsp3) is 0.741. The lowest BCUT2D eigenvalue weighted by atomic mass is 9.74. The lowest BCUT2D eigenvalue weighted by Gasteiger charge is -2.45. The monoisotopic (exact) mass is 504 g/mol. The Kier molecular flexibility index (Phi) is 6.49. The van der Waals surface area contributed by atoms with Gasteiger partial charge in [0.25, 0.3) is 0 Å². The molecule has 0 radical (unpaired) electrons. The van der Waals surface area contributed by atoms with Gasteiger partial charge in [0.15, 0.2) is 0 Å². The number of nitrogens with zero attached hydrogens (tertiary/aromatic N) is 2. The van der Waals surface area contributed by atoms with E-state index in [0.717, 1.165) is 6.42 Å². The summed E-state index contributed by atoms with van der Waals surface area (Å²) in [6, 6.07) is -1.36. The largest absolute Gasteiger partial charge is 0.465 e. The highest BCUT2D eigenvalue weighted by atomic mass is 32.2. The molecule has 0 aromatic heterocycles. The van der Waals surface area contributed by atoms with Crippen molar-refractivity contribution in [1.29, 1.82) is 0 Å². The number of hydrogen-bond acceptors (Lipinski definition) is 6. The van der Waals surface area contributed by atoms with E-state index in [4.69, 9.17) is 4.74 Å². The molecule has 1 spiro atoms. The Morgan fingerprint density at radius 2 is 1.80 bits per heavy atom. The van der Waals surface area contributed by atoms with E-state index in [1.807, 2.05) is 36.1 Å². The van der Waals surface area contributed by atoms with Gasteiger partial charge in [-0.2, -0.15) is 0 Å². The van der Waals surface area contributed by atoms with Crippen molar-refractivity contribution < 1.29 is 24.2 Å². The van der Waals surface area contributed by atoms with Crippen LogP contribution in [-0.4, -0.2) is 79.6 Å². The number of aliphatic hydroxyl groups is 1. The third-order valence-corrected chi connectivity index (χ3v) is 9.69. The van der Waals surface area contributed by atoms with Crippen LogP contribution < -0.4 is 0 Å². The molecular weight excluding hydrogens is 464 g/mol. The van der Waals surface area contributed by atoms with Crippen LogP contribution in [0.2, 0.25) is 0 Å². The molecule has 2 amide bonds. The molecule has 35 heavy (non-hydrogen) atoms. The number of cyclic esters (lactones) is 1. The van der Waals surface area contributed by atoms with Crippen molar-refractivity contribution in [2.24, 2.45) is 17.3 Å². The summed E-state index contributed by atoms with van der Waals surface area (Å²) >= 11 is 1.54. The highest BCUT2D eigenvalue weighted by Gasteiger charge is 2.74. The van der Waals surface area contributed by atoms with Gasteiger partial charge < -0.3 is 19.6 Å². The summed E-state index contributed by atoms with van der Waals surface area (Å²) < 4.78 is 3.97. The Bertz CT molecular complexity index is 969. The van der Waals surface area contributed by atoms with Gasteiger partial charge in [-0.15, -0.1) is 11.8 Å². The van der Waals surface area contributed by atoms with E-state index in [0.29, 0.717) is 13.0 Å². The van der Waals surface area contributed by atoms with E-state index in [1.165, 1.54) is 11.8 Å². The molecule has 0 aliphatic carbocycles. The summed E-state index contributed by atoms with van der Waals surface area (Å²) in [7, 11) is 0. The SMILES string of the molecule is C[C@H](CO)N1C(=O)[C@@H]2[C@@H]3C(=O)OCCC=C[C@]3(C)S[C@@]23C=CCN(C(C)(C)CC(C)(C)C)C(=O)C13. The van der Waals surface area contributed by atoms with E-state index in [1.54, 1.807) is 11.8 Å². The predicted octanol–water partition coefficient (Wildman–Crippen LogP) is 3.17. The summed E-state index contributed by atoms with van der Waals surface area (Å²) in [4.78, 5) is 45.3. The molecular formula is C27H40N2O5S. The second kappa shape index (κ2) is 8.65. The summed E-state index contributed by atoms with van der Waals surface area (Å²) in [6.45, 7) is 14.8. The number of carbonyl (C=O) groups excluding carboxylic acids is 3. The maximum Gasteiger partial charge on any atom is 0.311 e. The first kappa shape index (κ1) is 26.3. The molecule has 0 saturated carbocycles. The Morgan fingerprint density at radius 3 is 2.43 bits per heavy atom. The van der Waals surface area contributed by atoms with Crippen molar-refractivity contribution in [3.8, 4) is 0 Å². The summed E-state index contributed by atoms with van der Waals surface area (Å²) in [5, 5.41) is 10.1. The first-order valence-electron chi connectivity index (χ1n) is 12.7. The summed E-state index contributed by atoms with van der Waals surface area (Å²) in [5.41, 5.74) is -0.451. The second-order valence-corrected chi connectivity index (χ2v) is 14.3. The van der Waals surface area contributed by atoms with E-state index in [9.17, 15) is 19.5 Å². The molecule has 1 unspecified atom stereocenters. The van der Waals surface area contributed by atoms with Crippen LogP contribution in [-0.2, 0) is 19.1 Å². The van der Waals surface area contributed by atoms with Crippen molar-refractivity contribution in [2.45, 2.75) is 88.4 Å². The van der Waals surface area contributed by atoms with Gasteiger partial charge in [0.2, 0.25) is 11.8 Å². The van der Waals surface area contributed by atoms with Crippen LogP contribution >= 0.6 is 11.8 Å². The number of ether oxygens (including phenoxy) is 1. The Labute approximate surface area is 213 Å². The van der Waals surface area contributed by atoms with Crippen LogP contribution in [0.5, 0.6) is 0 Å². The molecule has 2 saturated heterocycles. The van der Waals surface area contributed by atoms with Crippen molar-refractivity contribution in [1.82, 2.24) is 9.80 Å².